The van der Waals surface area contributed by atoms with E-state index in [0.29, 0.717) is 32.2 Å². The van der Waals surface area contributed by atoms with E-state index in [1.807, 2.05) is 0 Å². The third-order valence-electron chi connectivity index (χ3n) is 3.61. The number of benzene rings is 2. The maximum atomic E-state index is 12.4. The number of hydrogen-bond donors (Lipinski definition) is 2. The Bertz CT molecular complexity index is 996. The van der Waals surface area contributed by atoms with Crippen molar-refractivity contribution in [1.82, 2.24) is 4.98 Å². The molecule has 144 valence electrons. The van der Waals surface area contributed by atoms with Crippen LogP contribution in [-0.4, -0.2) is 22.9 Å². The largest absolute Gasteiger partial charge is 0.479 e. The van der Waals surface area contributed by atoms with Gasteiger partial charge in [0, 0.05) is 27.9 Å². The second kappa shape index (κ2) is 9.05. The van der Waals surface area contributed by atoms with Gasteiger partial charge in [-0.1, -0.05) is 29.3 Å². The number of nitrogens with zero attached hydrogens (tertiary/aromatic N) is 1. The monoisotopic (exact) mass is 435 g/mol. The summed E-state index contributed by atoms with van der Waals surface area (Å²) in [5.74, 6) is -0.350. The molecule has 0 fully saturated rings. The molecule has 0 radical (unpaired) electrons. The maximum Gasteiger partial charge on any atom is 0.265 e. The van der Waals surface area contributed by atoms with Crippen molar-refractivity contribution < 1.29 is 14.3 Å². The molecule has 2 N–H and O–H groups in total. The molecule has 0 unspecified atom stereocenters. The summed E-state index contributed by atoms with van der Waals surface area (Å²) in [5, 5.41) is 8.46. The molecule has 3 aromatic rings. The Labute approximate surface area is 175 Å². The SMILES string of the molecule is C[C@@H](Oc1ccc(Cl)cc1Cl)C(=O)Nc1cccc(C(=O)Nc2nccs2)c1. The van der Waals surface area contributed by atoms with Gasteiger partial charge in [-0.05, 0) is 43.3 Å². The second-order valence-corrected chi connectivity index (χ2v) is 7.43. The lowest BCUT2D eigenvalue weighted by molar-refractivity contribution is -0.122. The summed E-state index contributed by atoms with van der Waals surface area (Å²) >= 11 is 13.2. The van der Waals surface area contributed by atoms with E-state index < -0.39 is 6.10 Å². The van der Waals surface area contributed by atoms with E-state index in [9.17, 15) is 9.59 Å². The molecular formula is C19H15Cl2N3O3S. The third-order valence-corrected chi connectivity index (χ3v) is 4.83. The van der Waals surface area contributed by atoms with Crippen LogP contribution in [0.4, 0.5) is 10.8 Å². The van der Waals surface area contributed by atoms with Gasteiger partial charge in [-0.2, -0.15) is 0 Å². The third kappa shape index (κ3) is 5.22. The highest BCUT2D eigenvalue weighted by Crippen LogP contribution is 2.28. The zero-order valence-electron chi connectivity index (χ0n) is 14.6. The number of amides is 2. The van der Waals surface area contributed by atoms with E-state index in [2.05, 4.69) is 15.6 Å². The minimum Gasteiger partial charge on any atom is -0.479 e. The van der Waals surface area contributed by atoms with Crippen molar-refractivity contribution in [2.24, 2.45) is 0 Å². The number of carbonyl (C=O) groups is 2. The highest BCUT2D eigenvalue weighted by molar-refractivity contribution is 7.13. The van der Waals surface area contributed by atoms with Crippen molar-refractivity contribution in [2.75, 3.05) is 10.6 Å². The van der Waals surface area contributed by atoms with Crippen molar-refractivity contribution in [2.45, 2.75) is 13.0 Å². The van der Waals surface area contributed by atoms with Crippen LogP contribution < -0.4 is 15.4 Å². The summed E-state index contributed by atoms with van der Waals surface area (Å²) in [6, 6.07) is 11.3. The number of rotatable bonds is 6. The van der Waals surface area contributed by atoms with Crippen LogP contribution in [0, 0.1) is 0 Å². The zero-order chi connectivity index (χ0) is 20.1. The maximum absolute atomic E-state index is 12.4. The molecule has 2 amide bonds. The number of carbonyl (C=O) groups excluding carboxylic acids is 2. The van der Waals surface area contributed by atoms with Crippen LogP contribution in [0.2, 0.25) is 10.0 Å². The highest BCUT2D eigenvalue weighted by Gasteiger charge is 2.17. The van der Waals surface area contributed by atoms with Crippen LogP contribution >= 0.6 is 34.5 Å². The second-order valence-electron chi connectivity index (χ2n) is 5.70. The minimum absolute atomic E-state index is 0.313. The lowest BCUT2D eigenvalue weighted by Crippen LogP contribution is -2.30. The summed E-state index contributed by atoms with van der Waals surface area (Å²) < 4.78 is 5.59. The molecule has 0 saturated heterocycles. The first-order valence-electron chi connectivity index (χ1n) is 8.16. The topological polar surface area (TPSA) is 80.3 Å². The molecule has 1 heterocycles. The molecule has 1 aromatic heterocycles. The van der Waals surface area contributed by atoms with Gasteiger partial charge < -0.3 is 10.1 Å². The van der Waals surface area contributed by atoms with Crippen LogP contribution in [0.15, 0.2) is 54.0 Å². The fourth-order valence-corrected chi connectivity index (χ4v) is 3.23. The predicted molar refractivity (Wildman–Crippen MR) is 112 cm³/mol. The number of aromatic nitrogens is 1. The van der Waals surface area contributed by atoms with Crippen LogP contribution in [-0.2, 0) is 4.79 Å². The molecule has 9 heteroatoms. The van der Waals surface area contributed by atoms with Gasteiger partial charge in [0.15, 0.2) is 11.2 Å². The molecule has 0 aliphatic heterocycles. The van der Waals surface area contributed by atoms with Crippen molar-refractivity contribution in [1.29, 1.82) is 0 Å². The first-order chi connectivity index (χ1) is 13.4. The van der Waals surface area contributed by atoms with E-state index in [1.54, 1.807) is 54.9 Å². The fraction of sp³-hybridized carbons (Fsp3) is 0.105. The molecule has 3 rings (SSSR count). The van der Waals surface area contributed by atoms with Crippen LogP contribution in [0.3, 0.4) is 0 Å². The molecule has 0 aliphatic carbocycles. The Morgan fingerprint density at radius 2 is 1.96 bits per heavy atom. The fourth-order valence-electron chi connectivity index (χ4n) is 2.25. The Kier molecular flexibility index (Phi) is 6.51. The standard InChI is InChI=1S/C19H15Cl2N3O3S/c1-11(27-16-6-5-13(20)10-15(16)21)17(25)23-14-4-2-3-12(9-14)18(26)24-19-22-7-8-28-19/h2-11H,1H3,(H,23,25)(H,22,24,26)/t11-/m1/s1. The van der Waals surface area contributed by atoms with Crippen LogP contribution in [0.25, 0.3) is 0 Å². The molecule has 0 aliphatic rings. The Hall–Kier alpha value is -2.61. The summed E-state index contributed by atoms with van der Waals surface area (Å²) in [7, 11) is 0. The number of halogens is 2. The van der Waals surface area contributed by atoms with E-state index >= 15 is 0 Å². The molecule has 0 bridgehead atoms. The van der Waals surface area contributed by atoms with Gasteiger partial charge in [0.05, 0.1) is 5.02 Å². The number of nitrogens with one attached hydrogen (secondary N) is 2. The molecular weight excluding hydrogens is 421 g/mol. The highest BCUT2D eigenvalue weighted by atomic mass is 35.5. The van der Waals surface area contributed by atoms with Gasteiger partial charge in [0.25, 0.3) is 11.8 Å². The lowest BCUT2D eigenvalue weighted by Gasteiger charge is -2.16. The van der Waals surface area contributed by atoms with Gasteiger partial charge in [-0.3, -0.25) is 14.9 Å². The van der Waals surface area contributed by atoms with Gasteiger partial charge >= 0.3 is 0 Å². The summed E-state index contributed by atoms with van der Waals surface area (Å²) in [5.41, 5.74) is 0.858. The first-order valence-corrected chi connectivity index (χ1v) is 9.79. The van der Waals surface area contributed by atoms with Crippen molar-refractivity contribution in [3.8, 4) is 5.75 Å². The zero-order valence-corrected chi connectivity index (χ0v) is 16.9. The summed E-state index contributed by atoms with van der Waals surface area (Å²) in [6.07, 6.45) is 0.789. The number of thiazole rings is 1. The molecule has 0 saturated carbocycles. The first kappa shape index (κ1) is 20.1. The minimum atomic E-state index is -0.813. The Balaban J connectivity index is 1.64. The predicted octanol–water partition coefficient (Wildman–Crippen LogP) is 5.11. The van der Waals surface area contributed by atoms with Gasteiger partial charge in [-0.15, -0.1) is 11.3 Å². The van der Waals surface area contributed by atoms with E-state index in [4.69, 9.17) is 27.9 Å². The van der Waals surface area contributed by atoms with Crippen LogP contribution in [0.1, 0.15) is 17.3 Å². The molecule has 2 aromatic carbocycles. The lowest BCUT2D eigenvalue weighted by atomic mass is 10.2. The summed E-state index contributed by atoms with van der Waals surface area (Å²) in [6.45, 7) is 1.60. The Morgan fingerprint density at radius 1 is 1.14 bits per heavy atom. The molecule has 0 spiro atoms. The normalized spacial score (nSPS) is 11.5. The van der Waals surface area contributed by atoms with Gasteiger partial charge in [-0.25, -0.2) is 4.98 Å². The van der Waals surface area contributed by atoms with E-state index in [1.165, 1.54) is 17.4 Å². The Morgan fingerprint density at radius 3 is 2.68 bits per heavy atom. The quantitative estimate of drug-likeness (QED) is 0.563. The van der Waals surface area contributed by atoms with Crippen molar-refractivity contribution >= 4 is 57.2 Å². The van der Waals surface area contributed by atoms with E-state index in [0.717, 1.165) is 0 Å². The summed E-state index contributed by atoms with van der Waals surface area (Å²) in [4.78, 5) is 28.7. The smallest absolute Gasteiger partial charge is 0.265 e. The number of anilines is 2. The van der Waals surface area contributed by atoms with Crippen molar-refractivity contribution in [3.63, 3.8) is 0 Å². The molecule has 28 heavy (non-hydrogen) atoms. The molecule has 6 nitrogen and oxygen atoms in total. The van der Waals surface area contributed by atoms with Gasteiger partial charge in [0.1, 0.15) is 5.75 Å². The average Bonchev–Trinajstić information content (AvgIpc) is 3.17. The van der Waals surface area contributed by atoms with Crippen molar-refractivity contribution in [3.05, 3.63) is 69.7 Å². The van der Waals surface area contributed by atoms with Gasteiger partial charge in [0.2, 0.25) is 0 Å². The van der Waals surface area contributed by atoms with Crippen LogP contribution in [0.5, 0.6) is 5.75 Å². The average molecular weight is 436 g/mol. The van der Waals surface area contributed by atoms with E-state index in [-0.39, 0.29) is 11.8 Å². The molecule has 1 atom stereocenters. The number of hydrogen-bond acceptors (Lipinski definition) is 5. The number of ether oxygens (including phenoxy) is 1.